The van der Waals surface area contributed by atoms with E-state index < -0.39 is 53.4 Å². The van der Waals surface area contributed by atoms with E-state index in [1.807, 2.05) is 12.1 Å². The molecule has 0 bridgehead atoms. The average Bonchev–Trinajstić information content (AvgIpc) is 3.89. The van der Waals surface area contributed by atoms with E-state index in [1.165, 1.54) is 30.3 Å². The van der Waals surface area contributed by atoms with Crippen LogP contribution in [0.1, 0.15) is 53.0 Å². The largest absolute Gasteiger partial charge is 0.454 e. The van der Waals surface area contributed by atoms with E-state index in [1.54, 1.807) is 38.1 Å². The van der Waals surface area contributed by atoms with Crippen LogP contribution in [-0.2, 0) is 15.1 Å². The molecule has 0 saturated heterocycles. The SMILES string of the molecule is CC(C)(CNC(=O)C(=O)Nc1ccc(Cl)cc1C(N)=O)CNC(=O)c1ccc(Nc2nc(NC3(c4ccc(Cl)cc4)CC3)nc(OCC(F)(F)F)n2)cc1. The second kappa shape index (κ2) is 16.1. The number of carbonyl (C=O) groups excluding carboxylic acids is 4. The molecule has 14 nitrogen and oxygen atoms in total. The van der Waals surface area contributed by atoms with Crippen LogP contribution < -0.4 is 37.1 Å². The van der Waals surface area contributed by atoms with Gasteiger partial charge < -0.3 is 37.1 Å². The fraction of sp³-hybridized carbons (Fsp3) is 0.286. The van der Waals surface area contributed by atoms with E-state index in [-0.39, 0.29) is 46.8 Å². The molecule has 0 radical (unpaired) electrons. The van der Waals surface area contributed by atoms with E-state index >= 15 is 0 Å². The Morgan fingerprint density at radius 1 is 0.833 bits per heavy atom. The maximum Gasteiger partial charge on any atom is 0.422 e. The van der Waals surface area contributed by atoms with Gasteiger partial charge in [-0.25, -0.2) is 0 Å². The van der Waals surface area contributed by atoms with E-state index in [2.05, 4.69) is 41.5 Å². The average molecular weight is 789 g/mol. The van der Waals surface area contributed by atoms with Crippen molar-refractivity contribution >= 4 is 70.1 Å². The standard InChI is InChI=1S/C35H34Cl2F3N9O5/c1-33(2,17-43-28(52)29(53)45-25-12-9-22(37)15-24(25)26(41)50)16-42-27(51)19-3-10-23(11-4-19)44-30-46-31(48-32(47-30)54-18-35(38,39)40)49-34(13-14-34)20-5-7-21(36)8-6-20/h3-12,15H,13-14,16-18H2,1-2H3,(H2,41,50)(H,42,51)(H,43,52)(H,45,53)(H2,44,46,47,48,49). The number of carbonyl (C=O) groups is 4. The molecule has 1 aliphatic carbocycles. The van der Waals surface area contributed by atoms with Crippen molar-refractivity contribution in [3.63, 3.8) is 0 Å². The molecule has 1 aromatic heterocycles. The number of rotatable bonds is 14. The fourth-order valence-corrected chi connectivity index (χ4v) is 5.30. The van der Waals surface area contributed by atoms with Gasteiger partial charge in [-0.05, 0) is 78.4 Å². The third-order valence-electron chi connectivity index (χ3n) is 8.04. The van der Waals surface area contributed by atoms with Crippen LogP contribution in [0, 0.1) is 5.41 Å². The molecule has 1 aliphatic rings. The molecule has 54 heavy (non-hydrogen) atoms. The minimum atomic E-state index is -4.62. The Kier molecular flexibility index (Phi) is 11.8. The lowest BCUT2D eigenvalue weighted by Gasteiger charge is -2.25. The number of anilines is 4. The topological polar surface area (TPSA) is 202 Å². The Labute approximate surface area is 316 Å². The predicted octanol–water partition coefficient (Wildman–Crippen LogP) is 5.57. The van der Waals surface area contributed by atoms with Crippen LogP contribution in [0.3, 0.4) is 0 Å². The van der Waals surface area contributed by atoms with Gasteiger partial charge in [0.2, 0.25) is 11.9 Å². The molecule has 0 atom stereocenters. The molecular formula is C35H34Cl2F3N9O5. The van der Waals surface area contributed by atoms with E-state index in [0.29, 0.717) is 10.7 Å². The molecule has 284 valence electrons. The number of halogens is 5. The maximum atomic E-state index is 13.0. The highest BCUT2D eigenvalue weighted by Crippen LogP contribution is 2.48. The molecule has 5 rings (SSSR count). The normalized spacial score (nSPS) is 13.3. The molecular weight excluding hydrogens is 754 g/mol. The van der Waals surface area contributed by atoms with Gasteiger partial charge in [0.25, 0.3) is 11.8 Å². The number of alkyl halides is 3. The van der Waals surface area contributed by atoms with Gasteiger partial charge in [0.05, 0.1) is 16.8 Å². The van der Waals surface area contributed by atoms with Crippen molar-refractivity contribution in [3.8, 4) is 6.01 Å². The first kappa shape index (κ1) is 39.5. The number of hydrogen-bond donors (Lipinski definition) is 6. The zero-order valence-corrected chi connectivity index (χ0v) is 30.2. The van der Waals surface area contributed by atoms with Gasteiger partial charge in [0.15, 0.2) is 6.61 Å². The first-order valence-electron chi connectivity index (χ1n) is 16.2. The molecule has 3 aromatic carbocycles. The number of nitrogens with zero attached hydrogens (tertiary/aromatic N) is 3. The van der Waals surface area contributed by atoms with Crippen LogP contribution in [0.4, 0.5) is 36.4 Å². The Balaban J connectivity index is 1.17. The molecule has 0 unspecified atom stereocenters. The summed E-state index contributed by atoms with van der Waals surface area (Å²) in [6.07, 6.45) is -3.18. The predicted molar refractivity (Wildman–Crippen MR) is 195 cm³/mol. The van der Waals surface area contributed by atoms with E-state index in [9.17, 15) is 32.3 Å². The van der Waals surface area contributed by atoms with Gasteiger partial charge in [-0.1, -0.05) is 49.2 Å². The van der Waals surface area contributed by atoms with Crippen LogP contribution >= 0.6 is 23.2 Å². The molecule has 0 spiro atoms. The van der Waals surface area contributed by atoms with Gasteiger partial charge in [-0.2, -0.15) is 28.1 Å². The molecule has 1 saturated carbocycles. The number of nitrogens with one attached hydrogen (secondary N) is 5. The minimum absolute atomic E-state index is 0.00392. The number of amides is 4. The maximum absolute atomic E-state index is 13.0. The molecule has 1 heterocycles. The zero-order chi connectivity index (χ0) is 39.3. The summed E-state index contributed by atoms with van der Waals surface area (Å²) in [7, 11) is 0. The summed E-state index contributed by atoms with van der Waals surface area (Å²) in [5.41, 5.74) is 5.63. The highest BCUT2D eigenvalue weighted by molar-refractivity contribution is 6.40. The molecule has 7 N–H and O–H groups in total. The van der Waals surface area contributed by atoms with Crippen molar-refractivity contribution in [2.45, 2.75) is 38.4 Å². The second-order valence-corrected chi connectivity index (χ2v) is 14.0. The molecule has 4 amide bonds. The van der Waals surface area contributed by atoms with Gasteiger partial charge in [0, 0.05) is 34.4 Å². The summed E-state index contributed by atoms with van der Waals surface area (Å²) >= 11 is 11.9. The summed E-state index contributed by atoms with van der Waals surface area (Å²) in [6.45, 7) is 2.02. The van der Waals surface area contributed by atoms with Crippen LogP contribution in [0.5, 0.6) is 6.01 Å². The van der Waals surface area contributed by atoms with E-state index in [0.717, 1.165) is 18.4 Å². The summed E-state index contributed by atoms with van der Waals surface area (Å²) < 4.78 is 43.6. The Bertz CT molecular complexity index is 2050. The number of benzene rings is 3. The van der Waals surface area contributed by atoms with Crippen molar-refractivity contribution in [1.82, 2.24) is 25.6 Å². The highest BCUT2D eigenvalue weighted by atomic mass is 35.5. The van der Waals surface area contributed by atoms with Crippen LogP contribution in [-0.4, -0.2) is 64.5 Å². The molecule has 1 fully saturated rings. The molecule has 4 aromatic rings. The van der Waals surface area contributed by atoms with Gasteiger partial charge in [-0.3, -0.25) is 19.2 Å². The quantitative estimate of drug-likeness (QED) is 0.0877. The lowest BCUT2D eigenvalue weighted by molar-refractivity contribution is -0.154. The highest BCUT2D eigenvalue weighted by Gasteiger charge is 2.45. The van der Waals surface area contributed by atoms with Gasteiger partial charge in [0.1, 0.15) is 0 Å². The van der Waals surface area contributed by atoms with Crippen molar-refractivity contribution < 1.29 is 37.1 Å². The zero-order valence-electron chi connectivity index (χ0n) is 28.7. The number of primary amides is 1. The van der Waals surface area contributed by atoms with Crippen LogP contribution in [0.15, 0.2) is 66.7 Å². The molecule has 19 heteroatoms. The summed E-state index contributed by atoms with van der Waals surface area (Å²) in [4.78, 5) is 61.9. The third kappa shape index (κ3) is 10.9. The number of aromatic nitrogens is 3. The number of hydrogen-bond acceptors (Lipinski definition) is 10. The van der Waals surface area contributed by atoms with Crippen molar-refractivity contribution in [1.29, 1.82) is 0 Å². The summed E-state index contributed by atoms with van der Waals surface area (Å²) in [6, 6.07) is 16.8. The first-order chi connectivity index (χ1) is 25.4. The smallest absolute Gasteiger partial charge is 0.422 e. The first-order valence-corrected chi connectivity index (χ1v) is 17.0. The third-order valence-corrected chi connectivity index (χ3v) is 8.52. The van der Waals surface area contributed by atoms with E-state index in [4.69, 9.17) is 33.7 Å². The fourth-order valence-electron chi connectivity index (χ4n) is 5.00. The lowest BCUT2D eigenvalue weighted by atomic mass is 9.93. The van der Waals surface area contributed by atoms with Crippen LogP contribution in [0.25, 0.3) is 0 Å². The lowest BCUT2D eigenvalue weighted by Crippen LogP contribution is -2.45. The van der Waals surface area contributed by atoms with Gasteiger partial charge >= 0.3 is 24.0 Å². The van der Waals surface area contributed by atoms with Crippen molar-refractivity contribution in [3.05, 3.63) is 93.5 Å². The monoisotopic (exact) mass is 787 g/mol. The van der Waals surface area contributed by atoms with Crippen molar-refractivity contribution in [2.75, 3.05) is 35.6 Å². The number of nitrogens with two attached hydrogens (primary N) is 1. The minimum Gasteiger partial charge on any atom is -0.454 e. The number of ether oxygens (including phenoxy) is 1. The Morgan fingerprint density at radius 2 is 1.46 bits per heavy atom. The van der Waals surface area contributed by atoms with Crippen molar-refractivity contribution in [2.24, 2.45) is 11.1 Å². The Hall–Kier alpha value is -5.68. The summed E-state index contributed by atoms with van der Waals surface area (Å²) in [5, 5.41) is 14.5. The van der Waals surface area contributed by atoms with Gasteiger partial charge in [-0.15, -0.1) is 0 Å². The summed E-state index contributed by atoms with van der Waals surface area (Å²) in [5.74, 6) is -3.40. The Morgan fingerprint density at radius 3 is 2.09 bits per heavy atom. The second-order valence-electron chi connectivity index (χ2n) is 13.1. The van der Waals surface area contributed by atoms with Crippen LogP contribution in [0.2, 0.25) is 10.0 Å². The molecule has 0 aliphatic heterocycles.